The average molecular weight is 423 g/mol. The third-order valence-electron chi connectivity index (χ3n) is 5.84. The maximum atomic E-state index is 13.2. The average Bonchev–Trinajstić information content (AvgIpc) is 3.06. The summed E-state index contributed by atoms with van der Waals surface area (Å²) in [6, 6.07) is 3.51. The van der Waals surface area contributed by atoms with Crippen LogP contribution in [0.4, 0.5) is 0 Å². The lowest BCUT2D eigenvalue weighted by molar-refractivity contribution is -0.131. The Morgan fingerprint density at radius 1 is 1.10 bits per heavy atom. The quantitative estimate of drug-likeness (QED) is 0.788. The van der Waals surface area contributed by atoms with E-state index in [9.17, 15) is 18.0 Å². The molecule has 0 aromatic heterocycles. The molecule has 1 N–H and O–H groups in total. The molecule has 8 heteroatoms. The van der Waals surface area contributed by atoms with Crippen molar-refractivity contribution in [1.82, 2.24) is 9.62 Å². The molecular formula is C21H30N2O5S. The first-order valence-corrected chi connectivity index (χ1v) is 11.8. The second-order valence-corrected chi connectivity index (χ2v) is 9.75. The highest BCUT2D eigenvalue weighted by Crippen LogP contribution is 2.30. The Labute approximate surface area is 172 Å². The molecule has 1 saturated heterocycles. The number of rotatable bonds is 5. The summed E-state index contributed by atoms with van der Waals surface area (Å²) in [6.07, 6.45) is 7.72. The molecule has 1 atom stereocenters. The van der Waals surface area contributed by atoms with Crippen LogP contribution in [0.1, 0.15) is 63.4 Å². The third kappa shape index (κ3) is 4.74. The van der Waals surface area contributed by atoms with Crippen molar-refractivity contribution >= 4 is 21.8 Å². The van der Waals surface area contributed by atoms with Crippen LogP contribution in [0.25, 0.3) is 0 Å². The van der Waals surface area contributed by atoms with Crippen molar-refractivity contribution in [2.45, 2.75) is 81.7 Å². The van der Waals surface area contributed by atoms with E-state index < -0.39 is 22.0 Å². The minimum Gasteiger partial charge on any atom is -0.496 e. The fraction of sp³-hybridized carbons (Fsp3) is 0.619. The van der Waals surface area contributed by atoms with Gasteiger partial charge in [0.1, 0.15) is 11.8 Å². The molecule has 3 rings (SSSR count). The van der Waals surface area contributed by atoms with Gasteiger partial charge in [-0.2, -0.15) is 0 Å². The Morgan fingerprint density at radius 3 is 2.38 bits per heavy atom. The van der Waals surface area contributed by atoms with Crippen molar-refractivity contribution in [3.63, 3.8) is 0 Å². The van der Waals surface area contributed by atoms with Crippen molar-refractivity contribution in [2.24, 2.45) is 0 Å². The SMILES string of the molecule is COc1ccc(S(=O)(=O)N2C(=O)CC[C@H]2C(=O)NC2CCCCCCC2)cc1C. The topological polar surface area (TPSA) is 92.8 Å². The van der Waals surface area contributed by atoms with Gasteiger partial charge in [0, 0.05) is 12.5 Å². The number of carbonyl (C=O) groups excluding carboxylic acids is 2. The Bertz CT molecular complexity index is 860. The summed E-state index contributed by atoms with van der Waals surface area (Å²) in [5.74, 6) is -0.332. The molecule has 1 aliphatic carbocycles. The molecule has 2 aliphatic rings. The summed E-state index contributed by atoms with van der Waals surface area (Å²) in [7, 11) is -2.61. The zero-order chi connectivity index (χ0) is 21.0. The van der Waals surface area contributed by atoms with Crippen LogP contribution in [0.15, 0.2) is 23.1 Å². The van der Waals surface area contributed by atoms with Crippen molar-refractivity contribution in [3.8, 4) is 5.75 Å². The molecule has 0 spiro atoms. The minimum absolute atomic E-state index is 0.00481. The number of amides is 2. The van der Waals surface area contributed by atoms with E-state index in [1.807, 2.05) is 0 Å². The van der Waals surface area contributed by atoms with Gasteiger partial charge in [0.2, 0.25) is 11.8 Å². The van der Waals surface area contributed by atoms with Crippen molar-refractivity contribution in [3.05, 3.63) is 23.8 Å². The highest BCUT2D eigenvalue weighted by atomic mass is 32.2. The van der Waals surface area contributed by atoms with Crippen LogP contribution < -0.4 is 10.1 Å². The first-order valence-electron chi connectivity index (χ1n) is 10.4. The number of aryl methyl sites for hydroxylation is 1. The summed E-state index contributed by atoms with van der Waals surface area (Å²) < 4.78 is 32.3. The molecule has 2 fully saturated rings. The predicted octanol–water partition coefficient (Wildman–Crippen LogP) is 2.91. The van der Waals surface area contributed by atoms with Crippen molar-refractivity contribution in [2.75, 3.05) is 7.11 Å². The van der Waals surface area contributed by atoms with Crippen LogP contribution in [-0.4, -0.2) is 43.7 Å². The van der Waals surface area contributed by atoms with Gasteiger partial charge < -0.3 is 10.1 Å². The van der Waals surface area contributed by atoms with Gasteiger partial charge >= 0.3 is 0 Å². The van der Waals surface area contributed by atoms with Crippen molar-refractivity contribution < 1.29 is 22.7 Å². The highest BCUT2D eigenvalue weighted by molar-refractivity contribution is 7.89. The van der Waals surface area contributed by atoms with Gasteiger partial charge in [0.15, 0.2) is 0 Å². The molecule has 1 saturated carbocycles. The molecule has 0 radical (unpaired) electrons. The van der Waals surface area contributed by atoms with Gasteiger partial charge in [0.25, 0.3) is 10.0 Å². The molecule has 1 aliphatic heterocycles. The summed E-state index contributed by atoms with van der Waals surface area (Å²) in [4.78, 5) is 25.4. The van der Waals surface area contributed by atoms with E-state index in [2.05, 4.69) is 5.32 Å². The molecular weight excluding hydrogens is 392 g/mol. The number of benzene rings is 1. The molecule has 2 amide bonds. The summed E-state index contributed by atoms with van der Waals surface area (Å²) in [5.41, 5.74) is 0.649. The van der Waals surface area contributed by atoms with Crippen LogP contribution >= 0.6 is 0 Å². The van der Waals surface area contributed by atoms with E-state index in [1.54, 1.807) is 13.0 Å². The van der Waals surface area contributed by atoms with Crippen LogP contribution in [0, 0.1) is 6.92 Å². The van der Waals surface area contributed by atoms with E-state index in [4.69, 9.17) is 4.74 Å². The number of hydrogen-bond donors (Lipinski definition) is 1. The van der Waals surface area contributed by atoms with E-state index >= 15 is 0 Å². The second-order valence-electron chi connectivity index (χ2n) is 7.93. The number of methoxy groups -OCH3 is 1. The lowest BCUT2D eigenvalue weighted by atomic mass is 9.96. The minimum atomic E-state index is -4.12. The monoisotopic (exact) mass is 422 g/mol. The smallest absolute Gasteiger partial charge is 0.267 e. The van der Waals surface area contributed by atoms with E-state index in [0.29, 0.717) is 11.3 Å². The fourth-order valence-corrected chi connectivity index (χ4v) is 5.91. The molecule has 0 unspecified atom stereocenters. The van der Waals surface area contributed by atoms with Gasteiger partial charge in [0.05, 0.1) is 12.0 Å². The molecule has 0 bridgehead atoms. The zero-order valence-electron chi connectivity index (χ0n) is 17.1. The maximum absolute atomic E-state index is 13.2. The normalized spacial score (nSPS) is 21.5. The van der Waals surface area contributed by atoms with E-state index in [0.717, 1.165) is 42.8 Å². The summed E-state index contributed by atoms with van der Waals surface area (Å²) >= 11 is 0. The number of carbonyl (C=O) groups is 2. The van der Waals surface area contributed by atoms with Crippen LogP contribution in [0.5, 0.6) is 5.75 Å². The third-order valence-corrected chi connectivity index (χ3v) is 7.66. The molecule has 1 aromatic carbocycles. The van der Waals surface area contributed by atoms with Crippen LogP contribution in [0.3, 0.4) is 0 Å². The first-order chi connectivity index (χ1) is 13.8. The van der Waals surface area contributed by atoms with Crippen LogP contribution in [-0.2, 0) is 19.6 Å². The molecule has 1 aromatic rings. The Morgan fingerprint density at radius 2 is 1.76 bits per heavy atom. The number of sulfonamides is 1. The highest BCUT2D eigenvalue weighted by Gasteiger charge is 2.44. The largest absolute Gasteiger partial charge is 0.496 e. The van der Waals surface area contributed by atoms with E-state index in [-0.39, 0.29) is 29.7 Å². The van der Waals surface area contributed by atoms with Gasteiger partial charge in [-0.15, -0.1) is 0 Å². The summed E-state index contributed by atoms with van der Waals surface area (Å²) in [5, 5.41) is 3.02. The van der Waals surface area contributed by atoms with Crippen molar-refractivity contribution in [1.29, 1.82) is 0 Å². The molecule has 160 valence electrons. The number of nitrogens with zero attached hydrogens (tertiary/aromatic N) is 1. The first kappa shape index (κ1) is 21.6. The van der Waals surface area contributed by atoms with E-state index in [1.165, 1.54) is 25.7 Å². The number of nitrogens with one attached hydrogen (secondary N) is 1. The fourth-order valence-electron chi connectivity index (χ4n) is 4.22. The molecule has 1 heterocycles. The number of hydrogen-bond acceptors (Lipinski definition) is 5. The zero-order valence-corrected chi connectivity index (χ0v) is 18.0. The molecule has 29 heavy (non-hydrogen) atoms. The van der Waals surface area contributed by atoms with Gasteiger partial charge in [-0.25, -0.2) is 12.7 Å². The standard InChI is InChI=1S/C21H30N2O5S/c1-15-14-17(10-12-19(15)28-2)29(26,27)23-18(11-13-20(23)24)21(25)22-16-8-6-4-3-5-7-9-16/h10,12,14,16,18H,3-9,11,13H2,1-2H3,(H,22,25)/t18-/m0/s1. The summed E-state index contributed by atoms with van der Waals surface area (Å²) in [6.45, 7) is 1.74. The predicted molar refractivity (Wildman–Crippen MR) is 109 cm³/mol. The maximum Gasteiger partial charge on any atom is 0.267 e. The Balaban J connectivity index is 1.80. The van der Waals surface area contributed by atoms with Gasteiger partial charge in [-0.1, -0.05) is 32.1 Å². The lowest BCUT2D eigenvalue weighted by Crippen LogP contribution is -2.50. The molecule has 7 nitrogen and oxygen atoms in total. The van der Waals surface area contributed by atoms with Crippen LogP contribution in [0.2, 0.25) is 0 Å². The second kappa shape index (κ2) is 9.15. The number of ether oxygens (including phenoxy) is 1. The van der Waals surface area contributed by atoms with Gasteiger partial charge in [-0.3, -0.25) is 9.59 Å². The Kier molecular flexibility index (Phi) is 6.82. The Hall–Kier alpha value is -2.09. The lowest BCUT2D eigenvalue weighted by Gasteiger charge is -2.27. The van der Waals surface area contributed by atoms with Gasteiger partial charge in [-0.05, 0) is 49.9 Å².